The minimum Gasteiger partial charge on any atom is -0.392 e. The lowest BCUT2D eigenvalue weighted by Crippen LogP contribution is -2.39. The molecule has 1 saturated heterocycles. The summed E-state index contributed by atoms with van der Waals surface area (Å²) in [5.41, 5.74) is 2.70. The number of fused-ring (bicyclic) bond motifs is 1. The molecule has 152 valence electrons. The maximum atomic E-state index is 12.8. The van der Waals surface area contributed by atoms with E-state index in [1.165, 1.54) is 4.70 Å². The zero-order valence-electron chi connectivity index (χ0n) is 16.7. The first-order valence-electron chi connectivity index (χ1n) is 10.2. The standard InChI is InChI=1S/C22H26N4O2S/c1-15-23-12-17(14-27)22(24-15)16-6-5-11-26(13-16)21(28)10-4-9-20-25-18-7-2-3-8-19(18)29-20/h2-3,7-8,12,16,27H,4-6,9-11,13-14H2,1H3. The first-order valence-corrected chi connectivity index (χ1v) is 11.0. The summed E-state index contributed by atoms with van der Waals surface area (Å²) in [7, 11) is 0. The Morgan fingerprint density at radius 3 is 3.00 bits per heavy atom. The van der Waals surface area contributed by atoms with Crippen molar-refractivity contribution in [2.75, 3.05) is 13.1 Å². The molecule has 0 spiro atoms. The Morgan fingerprint density at radius 1 is 1.31 bits per heavy atom. The molecule has 0 aliphatic carbocycles. The van der Waals surface area contributed by atoms with Gasteiger partial charge in [-0.15, -0.1) is 11.3 Å². The van der Waals surface area contributed by atoms with E-state index in [1.54, 1.807) is 17.5 Å². The Bertz CT molecular complexity index is 970. The number of aliphatic hydroxyl groups is 1. The summed E-state index contributed by atoms with van der Waals surface area (Å²) in [5, 5.41) is 10.7. The SMILES string of the molecule is Cc1ncc(CO)c(C2CCCN(C(=O)CCCc3nc4ccccc4s3)C2)n1. The highest BCUT2D eigenvalue weighted by molar-refractivity contribution is 7.18. The van der Waals surface area contributed by atoms with Crippen LogP contribution in [0.25, 0.3) is 10.2 Å². The third-order valence-corrected chi connectivity index (χ3v) is 6.57. The number of carbonyl (C=O) groups is 1. The minimum atomic E-state index is -0.0672. The smallest absolute Gasteiger partial charge is 0.222 e. The van der Waals surface area contributed by atoms with Crippen LogP contribution in [0, 0.1) is 6.92 Å². The molecule has 1 unspecified atom stereocenters. The number of amides is 1. The molecule has 0 radical (unpaired) electrons. The lowest BCUT2D eigenvalue weighted by Gasteiger charge is -2.33. The number of piperidine rings is 1. The second-order valence-corrected chi connectivity index (χ2v) is 8.71. The lowest BCUT2D eigenvalue weighted by atomic mass is 9.92. The van der Waals surface area contributed by atoms with Gasteiger partial charge >= 0.3 is 0 Å². The lowest BCUT2D eigenvalue weighted by molar-refractivity contribution is -0.132. The Balaban J connectivity index is 1.34. The summed E-state index contributed by atoms with van der Waals surface area (Å²) < 4.78 is 1.20. The van der Waals surface area contributed by atoms with Crippen molar-refractivity contribution in [3.63, 3.8) is 0 Å². The normalized spacial score (nSPS) is 17.0. The van der Waals surface area contributed by atoms with Crippen LogP contribution in [-0.2, 0) is 17.8 Å². The molecule has 3 heterocycles. The summed E-state index contributed by atoms with van der Waals surface area (Å²) in [5.74, 6) is 1.07. The third-order valence-electron chi connectivity index (χ3n) is 5.47. The van der Waals surface area contributed by atoms with Gasteiger partial charge in [0, 0.05) is 37.2 Å². The van der Waals surface area contributed by atoms with E-state index in [4.69, 9.17) is 0 Å². The molecule has 3 aromatic rings. The summed E-state index contributed by atoms with van der Waals surface area (Å²) in [6.07, 6.45) is 5.84. The van der Waals surface area contributed by atoms with Gasteiger partial charge in [-0.25, -0.2) is 15.0 Å². The van der Waals surface area contributed by atoms with Crippen molar-refractivity contribution in [1.82, 2.24) is 19.9 Å². The molecule has 1 amide bonds. The number of carbonyl (C=O) groups excluding carboxylic acids is 1. The zero-order valence-corrected chi connectivity index (χ0v) is 17.5. The summed E-state index contributed by atoms with van der Waals surface area (Å²) in [6.45, 7) is 3.26. The number of aliphatic hydroxyl groups excluding tert-OH is 1. The van der Waals surface area contributed by atoms with Crippen molar-refractivity contribution in [1.29, 1.82) is 0 Å². The highest BCUT2D eigenvalue weighted by Crippen LogP contribution is 2.29. The van der Waals surface area contributed by atoms with E-state index >= 15 is 0 Å². The Kier molecular flexibility index (Phi) is 6.16. The van der Waals surface area contributed by atoms with Gasteiger partial charge in [-0.05, 0) is 44.7 Å². The van der Waals surface area contributed by atoms with Gasteiger partial charge in [0.05, 0.1) is 27.5 Å². The maximum Gasteiger partial charge on any atom is 0.222 e. The van der Waals surface area contributed by atoms with Crippen LogP contribution in [0.3, 0.4) is 0 Å². The van der Waals surface area contributed by atoms with E-state index in [0.29, 0.717) is 18.8 Å². The van der Waals surface area contributed by atoms with E-state index in [1.807, 2.05) is 30.0 Å². The number of para-hydroxylation sites is 1. The first-order chi connectivity index (χ1) is 14.1. The molecule has 1 N–H and O–H groups in total. The molecule has 1 aromatic carbocycles. The fourth-order valence-electron chi connectivity index (χ4n) is 3.99. The van der Waals surface area contributed by atoms with E-state index in [-0.39, 0.29) is 18.4 Å². The van der Waals surface area contributed by atoms with Gasteiger partial charge in [0.2, 0.25) is 5.91 Å². The Morgan fingerprint density at radius 2 is 2.17 bits per heavy atom. The van der Waals surface area contributed by atoms with Crippen LogP contribution in [0.4, 0.5) is 0 Å². The number of rotatable bonds is 6. The molecule has 0 saturated carbocycles. The zero-order chi connectivity index (χ0) is 20.2. The number of thiazole rings is 1. The minimum absolute atomic E-state index is 0.0672. The van der Waals surface area contributed by atoms with Gasteiger partial charge in [-0.2, -0.15) is 0 Å². The first kappa shape index (κ1) is 19.9. The number of aryl methyl sites for hydroxylation is 2. The highest BCUT2D eigenvalue weighted by atomic mass is 32.1. The van der Waals surface area contributed by atoms with Crippen LogP contribution >= 0.6 is 11.3 Å². The van der Waals surface area contributed by atoms with Crippen LogP contribution in [-0.4, -0.2) is 44.0 Å². The molecular formula is C22H26N4O2S. The van der Waals surface area contributed by atoms with Gasteiger partial charge in [-0.3, -0.25) is 4.79 Å². The van der Waals surface area contributed by atoms with Crippen molar-refractivity contribution in [2.45, 2.75) is 51.6 Å². The maximum absolute atomic E-state index is 12.8. The molecule has 1 atom stereocenters. The van der Waals surface area contributed by atoms with Crippen LogP contribution in [0.1, 0.15) is 53.7 Å². The van der Waals surface area contributed by atoms with Gasteiger partial charge in [-0.1, -0.05) is 12.1 Å². The van der Waals surface area contributed by atoms with E-state index in [0.717, 1.165) is 54.0 Å². The molecule has 6 nitrogen and oxygen atoms in total. The molecule has 1 aliphatic rings. The van der Waals surface area contributed by atoms with Crippen molar-refractivity contribution < 1.29 is 9.90 Å². The number of benzene rings is 1. The van der Waals surface area contributed by atoms with E-state index < -0.39 is 0 Å². The number of aromatic nitrogens is 3. The summed E-state index contributed by atoms with van der Waals surface area (Å²) in [6, 6.07) is 8.15. The quantitative estimate of drug-likeness (QED) is 0.671. The Labute approximate surface area is 174 Å². The van der Waals surface area contributed by atoms with E-state index in [2.05, 4.69) is 21.0 Å². The second-order valence-electron chi connectivity index (χ2n) is 7.59. The summed E-state index contributed by atoms with van der Waals surface area (Å²) >= 11 is 1.71. The molecule has 4 rings (SSSR count). The van der Waals surface area contributed by atoms with Crippen LogP contribution in [0.15, 0.2) is 30.5 Å². The molecule has 1 aliphatic heterocycles. The van der Waals surface area contributed by atoms with Gasteiger partial charge in [0.15, 0.2) is 0 Å². The molecule has 2 aromatic heterocycles. The van der Waals surface area contributed by atoms with E-state index in [9.17, 15) is 9.90 Å². The molecule has 0 bridgehead atoms. The third kappa shape index (κ3) is 4.62. The van der Waals surface area contributed by atoms with Crippen LogP contribution in [0.2, 0.25) is 0 Å². The second kappa shape index (κ2) is 8.97. The fourth-order valence-corrected chi connectivity index (χ4v) is 5.00. The molecular weight excluding hydrogens is 384 g/mol. The predicted octanol–water partition coefficient (Wildman–Crippen LogP) is 3.62. The van der Waals surface area contributed by atoms with Crippen molar-refractivity contribution in [2.24, 2.45) is 0 Å². The van der Waals surface area contributed by atoms with Gasteiger partial charge in [0.25, 0.3) is 0 Å². The predicted molar refractivity (Wildman–Crippen MR) is 114 cm³/mol. The Hall–Kier alpha value is -2.38. The number of hydrogen-bond acceptors (Lipinski definition) is 6. The van der Waals surface area contributed by atoms with Crippen LogP contribution < -0.4 is 0 Å². The number of nitrogens with zero attached hydrogens (tertiary/aromatic N) is 4. The molecule has 29 heavy (non-hydrogen) atoms. The summed E-state index contributed by atoms with van der Waals surface area (Å²) in [4.78, 5) is 28.2. The van der Waals surface area contributed by atoms with Crippen molar-refractivity contribution in [3.8, 4) is 0 Å². The molecule has 7 heteroatoms. The highest BCUT2D eigenvalue weighted by Gasteiger charge is 2.27. The number of hydrogen-bond donors (Lipinski definition) is 1. The topological polar surface area (TPSA) is 79.2 Å². The monoisotopic (exact) mass is 410 g/mol. The van der Waals surface area contributed by atoms with Crippen LogP contribution in [0.5, 0.6) is 0 Å². The average Bonchev–Trinajstić information content (AvgIpc) is 3.16. The van der Waals surface area contributed by atoms with Crippen molar-refractivity contribution >= 4 is 27.5 Å². The fraction of sp³-hybridized carbons (Fsp3) is 0.455. The largest absolute Gasteiger partial charge is 0.392 e. The molecule has 1 fully saturated rings. The number of likely N-dealkylation sites (tertiary alicyclic amines) is 1. The van der Waals surface area contributed by atoms with Gasteiger partial charge in [0.1, 0.15) is 5.82 Å². The van der Waals surface area contributed by atoms with Gasteiger partial charge < -0.3 is 10.0 Å². The van der Waals surface area contributed by atoms with Crippen molar-refractivity contribution in [3.05, 3.63) is 52.6 Å². The average molecular weight is 411 g/mol.